The van der Waals surface area contributed by atoms with Crippen LogP contribution in [0.5, 0.6) is 0 Å². The normalized spacial score (nSPS) is 13.0. The summed E-state index contributed by atoms with van der Waals surface area (Å²) < 4.78 is 1.87. The molecule has 0 aliphatic heterocycles. The molecule has 0 bridgehead atoms. The van der Waals surface area contributed by atoms with Crippen molar-refractivity contribution in [2.75, 3.05) is 0 Å². The molecule has 0 spiro atoms. The second-order valence-electron chi connectivity index (χ2n) is 3.57. The summed E-state index contributed by atoms with van der Waals surface area (Å²) >= 11 is 7.51. The molecule has 0 aromatic carbocycles. The van der Waals surface area contributed by atoms with Crippen molar-refractivity contribution in [2.45, 2.75) is 26.3 Å². The van der Waals surface area contributed by atoms with Crippen molar-refractivity contribution in [3.05, 3.63) is 33.5 Å². The van der Waals surface area contributed by atoms with Gasteiger partial charge in [-0.25, -0.2) is 4.98 Å². The van der Waals surface area contributed by atoms with Gasteiger partial charge in [0.05, 0.1) is 22.3 Å². The highest BCUT2D eigenvalue weighted by atomic mass is 35.5. The molecule has 1 atom stereocenters. The number of nitrogens with zero attached hydrogens (tertiary/aromatic N) is 3. The lowest BCUT2D eigenvalue weighted by Gasteiger charge is -2.09. The fourth-order valence-electron chi connectivity index (χ4n) is 1.40. The third kappa shape index (κ3) is 2.58. The molecule has 0 fully saturated rings. The summed E-state index contributed by atoms with van der Waals surface area (Å²) in [7, 11) is 0. The molecule has 2 heterocycles. The van der Waals surface area contributed by atoms with Gasteiger partial charge in [0.25, 0.3) is 0 Å². The van der Waals surface area contributed by atoms with E-state index in [1.165, 1.54) is 0 Å². The molecule has 0 N–H and O–H groups in total. The van der Waals surface area contributed by atoms with Crippen molar-refractivity contribution in [3.8, 4) is 0 Å². The van der Waals surface area contributed by atoms with Crippen LogP contribution in [0.4, 0.5) is 0 Å². The van der Waals surface area contributed by atoms with Gasteiger partial charge in [-0.15, -0.1) is 11.3 Å². The molecule has 80 valence electrons. The van der Waals surface area contributed by atoms with Gasteiger partial charge in [-0.05, 0) is 13.8 Å². The van der Waals surface area contributed by atoms with E-state index in [1.54, 1.807) is 17.5 Å². The van der Waals surface area contributed by atoms with Gasteiger partial charge in [-0.2, -0.15) is 5.10 Å². The van der Waals surface area contributed by atoms with Crippen LogP contribution < -0.4 is 0 Å². The zero-order valence-electron chi connectivity index (χ0n) is 8.64. The molecule has 0 radical (unpaired) electrons. The van der Waals surface area contributed by atoms with Gasteiger partial charge >= 0.3 is 0 Å². The van der Waals surface area contributed by atoms with Crippen LogP contribution in [-0.2, 0) is 6.42 Å². The number of hydrogen-bond acceptors (Lipinski definition) is 3. The number of rotatable bonds is 3. The molecule has 0 amide bonds. The number of hydrogen-bond donors (Lipinski definition) is 0. The van der Waals surface area contributed by atoms with Crippen LogP contribution in [0, 0.1) is 6.92 Å². The van der Waals surface area contributed by atoms with Crippen molar-refractivity contribution in [3.63, 3.8) is 0 Å². The molecule has 15 heavy (non-hydrogen) atoms. The van der Waals surface area contributed by atoms with E-state index in [-0.39, 0.29) is 0 Å². The standard InChI is InChI=1S/C10H12ClN3S/c1-7-6-15-10(13-7)3-8(2)14-5-9(11)4-12-14/h4-6,8H,3H2,1-2H3. The molecule has 0 aliphatic rings. The van der Waals surface area contributed by atoms with E-state index in [1.807, 2.05) is 17.8 Å². The second kappa shape index (κ2) is 4.33. The summed E-state index contributed by atoms with van der Waals surface area (Å²) in [6, 6.07) is 0.294. The predicted molar refractivity (Wildman–Crippen MR) is 62.5 cm³/mol. The van der Waals surface area contributed by atoms with Crippen LogP contribution in [-0.4, -0.2) is 14.8 Å². The Kier molecular flexibility index (Phi) is 3.07. The van der Waals surface area contributed by atoms with Crippen molar-refractivity contribution in [1.82, 2.24) is 14.8 Å². The molecule has 5 heteroatoms. The molecule has 0 saturated heterocycles. The number of aromatic nitrogens is 3. The Morgan fingerprint density at radius 3 is 2.93 bits per heavy atom. The summed E-state index contributed by atoms with van der Waals surface area (Å²) in [4.78, 5) is 4.43. The molecule has 0 saturated carbocycles. The molecular formula is C10H12ClN3S. The minimum absolute atomic E-state index is 0.294. The quantitative estimate of drug-likeness (QED) is 0.827. The molecular weight excluding hydrogens is 230 g/mol. The minimum Gasteiger partial charge on any atom is -0.268 e. The highest BCUT2D eigenvalue weighted by Crippen LogP contribution is 2.18. The zero-order valence-corrected chi connectivity index (χ0v) is 10.2. The monoisotopic (exact) mass is 241 g/mol. The third-order valence-corrected chi connectivity index (χ3v) is 3.34. The second-order valence-corrected chi connectivity index (χ2v) is 4.95. The van der Waals surface area contributed by atoms with E-state index in [0.717, 1.165) is 17.1 Å². The number of thiazole rings is 1. The Labute approximate surface area is 97.7 Å². The summed E-state index contributed by atoms with van der Waals surface area (Å²) in [5.41, 5.74) is 1.08. The summed E-state index contributed by atoms with van der Waals surface area (Å²) in [6.45, 7) is 4.12. The van der Waals surface area contributed by atoms with Crippen molar-refractivity contribution in [1.29, 1.82) is 0 Å². The molecule has 3 nitrogen and oxygen atoms in total. The van der Waals surface area contributed by atoms with Crippen LogP contribution in [0.1, 0.15) is 23.7 Å². The lowest BCUT2D eigenvalue weighted by Crippen LogP contribution is -2.08. The van der Waals surface area contributed by atoms with E-state index < -0.39 is 0 Å². The van der Waals surface area contributed by atoms with Gasteiger partial charge in [0.1, 0.15) is 0 Å². The summed E-state index contributed by atoms with van der Waals surface area (Å²) in [5, 5.41) is 8.07. The fourth-order valence-corrected chi connectivity index (χ4v) is 2.44. The molecule has 2 aromatic rings. The Bertz CT molecular complexity index is 449. The van der Waals surface area contributed by atoms with Crippen LogP contribution in [0.3, 0.4) is 0 Å². The van der Waals surface area contributed by atoms with Crippen molar-refractivity contribution >= 4 is 22.9 Å². The fraction of sp³-hybridized carbons (Fsp3) is 0.400. The summed E-state index contributed by atoms with van der Waals surface area (Å²) in [5.74, 6) is 0. The van der Waals surface area contributed by atoms with E-state index in [9.17, 15) is 0 Å². The van der Waals surface area contributed by atoms with E-state index >= 15 is 0 Å². The average molecular weight is 242 g/mol. The predicted octanol–water partition coefficient (Wildman–Crippen LogP) is 3.11. The van der Waals surface area contributed by atoms with Gasteiger partial charge in [0, 0.05) is 23.7 Å². The Morgan fingerprint density at radius 2 is 2.40 bits per heavy atom. The molecule has 1 unspecified atom stereocenters. The SMILES string of the molecule is Cc1csc(CC(C)n2cc(Cl)cn2)n1. The van der Waals surface area contributed by atoms with Gasteiger partial charge in [-0.1, -0.05) is 11.6 Å². The van der Waals surface area contributed by atoms with E-state index in [4.69, 9.17) is 11.6 Å². The molecule has 2 aromatic heterocycles. The molecule has 2 rings (SSSR count). The van der Waals surface area contributed by atoms with Crippen LogP contribution in [0.15, 0.2) is 17.8 Å². The lowest BCUT2D eigenvalue weighted by molar-refractivity contribution is 0.488. The maximum absolute atomic E-state index is 5.82. The van der Waals surface area contributed by atoms with Crippen LogP contribution >= 0.6 is 22.9 Å². The lowest BCUT2D eigenvalue weighted by atomic mass is 10.2. The molecule has 0 aliphatic carbocycles. The van der Waals surface area contributed by atoms with Crippen molar-refractivity contribution in [2.24, 2.45) is 0 Å². The van der Waals surface area contributed by atoms with Crippen LogP contribution in [0.25, 0.3) is 0 Å². The topological polar surface area (TPSA) is 30.7 Å². The van der Waals surface area contributed by atoms with Gasteiger partial charge in [0.15, 0.2) is 0 Å². The first kappa shape index (κ1) is 10.6. The number of halogens is 1. The average Bonchev–Trinajstić information content (AvgIpc) is 2.75. The minimum atomic E-state index is 0.294. The Hall–Kier alpha value is -0.870. The Morgan fingerprint density at radius 1 is 1.60 bits per heavy atom. The first-order valence-electron chi connectivity index (χ1n) is 4.76. The smallest absolute Gasteiger partial charge is 0.0949 e. The highest BCUT2D eigenvalue weighted by Gasteiger charge is 2.09. The highest BCUT2D eigenvalue weighted by molar-refractivity contribution is 7.09. The van der Waals surface area contributed by atoms with Crippen LogP contribution in [0.2, 0.25) is 5.02 Å². The maximum Gasteiger partial charge on any atom is 0.0949 e. The Balaban J connectivity index is 2.06. The van der Waals surface area contributed by atoms with Gasteiger partial charge < -0.3 is 0 Å². The first-order valence-corrected chi connectivity index (χ1v) is 6.01. The maximum atomic E-state index is 5.82. The number of aryl methyl sites for hydroxylation is 1. The van der Waals surface area contributed by atoms with E-state index in [0.29, 0.717) is 11.1 Å². The van der Waals surface area contributed by atoms with Crippen molar-refractivity contribution < 1.29 is 0 Å². The summed E-state index contributed by atoms with van der Waals surface area (Å²) in [6.07, 6.45) is 4.40. The van der Waals surface area contributed by atoms with E-state index in [2.05, 4.69) is 22.4 Å². The largest absolute Gasteiger partial charge is 0.268 e. The first-order chi connectivity index (χ1) is 7.15. The zero-order chi connectivity index (χ0) is 10.8. The third-order valence-electron chi connectivity index (χ3n) is 2.16. The van der Waals surface area contributed by atoms with Gasteiger partial charge in [0.2, 0.25) is 0 Å². The van der Waals surface area contributed by atoms with Gasteiger partial charge in [-0.3, -0.25) is 4.68 Å².